The van der Waals surface area contributed by atoms with E-state index in [-0.39, 0.29) is 20.3 Å². The first-order valence-electron chi connectivity index (χ1n) is 2.96. The van der Waals surface area contributed by atoms with Crippen LogP contribution in [0.5, 0.6) is 0 Å². The van der Waals surface area contributed by atoms with E-state index < -0.39 is 0 Å². The predicted molar refractivity (Wildman–Crippen MR) is 38.3 cm³/mol. The van der Waals surface area contributed by atoms with E-state index >= 15 is 0 Å². The second-order valence-electron chi connectivity index (χ2n) is 1.92. The average molecular weight is 130 g/mol. The summed E-state index contributed by atoms with van der Waals surface area (Å²) >= 11 is 0. The first-order valence-corrected chi connectivity index (χ1v) is 2.96. The van der Waals surface area contributed by atoms with Crippen LogP contribution in [-0.4, -0.2) is 7.11 Å². The number of benzene rings is 1. The SMILES string of the molecule is COCc1ccccc1.[H-].[Li+]. The molecule has 0 spiro atoms. The van der Waals surface area contributed by atoms with Crippen molar-refractivity contribution < 1.29 is 25.0 Å². The molecule has 0 aliphatic rings. The maximum atomic E-state index is 4.93. The van der Waals surface area contributed by atoms with E-state index in [1.54, 1.807) is 7.11 Å². The van der Waals surface area contributed by atoms with E-state index in [1.165, 1.54) is 5.56 Å². The zero-order valence-electron chi connectivity index (χ0n) is 7.50. The number of rotatable bonds is 2. The van der Waals surface area contributed by atoms with Crippen molar-refractivity contribution in [2.75, 3.05) is 7.11 Å². The van der Waals surface area contributed by atoms with Gasteiger partial charge in [0.25, 0.3) is 0 Å². The standard InChI is InChI=1S/C8H10O.Li.H/c1-9-7-8-5-3-2-4-6-8;;/h2-6H,7H2,1H3;;/q;+1;-1. The molecule has 0 aromatic heterocycles. The van der Waals surface area contributed by atoms with Gasteiger partial charge in [0.15, 0.2) is 0 Å². The minimum atomic E-state index is 0. The zero-order valence-corrected chi connectivity index (χ0v) is 6.50. The molecule has 0 N–H and O–H groups in total. The molecule has 0 unspecified atom stereocenters. The molecular weight excluding hydrogens is 119 g/mol. The number of hydrogen-bond donors (Lipinski definition) is 0. The third-order valence-electron chi connectivity index (χ3n) is 1.15. The van der Waals surface area contributed by atoms with Crippen LogP contribution >= 0.6 is 0 Å². The van der Waals surface area contributed by atoms with E-state index in [0.29, 0.717) is 6.61 Å². The summed E-state index contributed by atoms with van der Waals surface area (Å²) in [5, 5.41) is 0. The van der Waals surface area contributed by atoms with Crippen LogP contribution in [0.25, 0.3) is 0 Å². The molecule has 1 nitrogen and oxygen atoms in total. The van der Waals surface area contributed by atoms with Crippen LogP contribution in [0.2, 0.25) is 0 Å². The van der Waals surface area contributed by atoms with Crippen LogP contribution in [0.4, 0.5) is 0 Å². The molecule has 0 heterocycles. The van der Waals surface area contributed by atoms with Gasteiger partial charge in [0.2, 0.25) is 0 Å². The second kappa shape index (κ2) is 5.55. The Kier molecular flexibility index (Phi) is 5.43. The van der Waals surface area contributed by atoms with E-state index in [0.717, 1.165) is 0 Å². The normalized spacial score (nSPS) is 8.50. The fraction of sp³-hybridized carbons (Fsp3) is 0.250. The summed E-state index contributed by atoms with van der Waals surface area (Å²) in [6, 6.07) is 10.1. The van der Waals surface area contributed by atoms with E-state index in [2.05, 4.69) is 0 Å². The molecule has 0 bridgehead atoms. The van der Waals surface area contributed by atoms with Gasteiger partial charge in [-0.1, -0.05) is 30.3 Å². The van der Waals surface area contributed by atoms with Crippen molar-refractivity contribution in [2.24, 2.45) is 0 Å². The molecule has 0 aliphatic carbocycles. The Bertz CT molecular complexity index is 167. The number of hydrogen-bond acceptors (Lipinski definition) is 1. The van der Waals surface area contributed by atoms with Gasteiger partial charge in [0.05, 0.1) is 6.61 Å². The Balaban J connectivity index is 0. The second-order valence-corrected chi connectivity index (χ2v) is 1.92. The summed E-state index contributed by atoms with van der Waals surface area (Å²) < 4.78 is 4.93. The van der Waals surface area contributed by atoms with Crippen LogP contribution < -0.4 is 18.9 Å². The van der Waals surface area contributed by atoms with Crippen LogP contribution in [0, 0.1) is 0 Å². The first kappa shape index (κ1) is 9.78. The maximum absolute atomic E-state index is 4.93. The molecule has 10 heavy (non-hydrogen) atoms. The van der Waals surface area contributed by atoms with Crippen LogP contribution in [-0.2, 0) is 11.3 Å². The Morgan fingerprint density at radius 3 is 2.40 bits per heavy atom. The Hall–Kier alpha value is -0.223. The summed E-state index contributed by atoms with van der Waals surface area (Å²) in [5.74, 6) is 0. The molecule has 0 radical (unpaired) electrons. The summed E-state index contributed by atoms with van der Waals surface area (Å²) in [4.78, 5) is 0. The van der Waals surface area contributed by atoms with Crippen LogP contribution in [0.15, 0.2) is 30.3 Å². The van der Waals surface area contributed by atoms with E-state index in [9.17, 15) is 0 Å². The van der Waals surface area contributed by atoms with Gasteiger partial charge in [-0.2, -0.15) is 0 Å². The summed E-state index contributed by atoms with van der Waals surface area (Å²) in [7, 11) is 1.70. The first-order chi connectivity index (χ1) is 4.43. The third-order valence-corrected chi connectivity index (χ3v) is 1.15. The van der Waals surface area contributed by atoms with Gasteiger partial charge >= 0.3 is 18.9 Å². The molecule has 0 saturated heterocycles. The molecular formula is C8H11LiO. The molecule has 1 aromatic carbocycles. The topological polar surface area (TPSA) is 9.23 Å². The van der Waals surface area contributed by atoms with Crippen molar-refractivity contribution in [3.05, 3.63) is 35.9 Å². The quantitative estimate of drug-likeness (QED) is 0.464. The molecule has 0 fully saturated rings. The average Bonchev–Trinajstić information content (AvgIpc) is 1.91. The molecule has 0 atom stereocenters. The van der Waals surface area contributed by atoms with Crippen LogP contribution in [0.1, 0.15) is 6.99 Å². The molecule has 1 rings (SSSR count). The molecule has 50 valence electrons. The van der Waals surface area contributed by atoms with Crippen molar-refractivity contribution in [3.63, 3.8) is 0 Å². The van der Waals surface area contributed by atoms with Gasteiger partial charge in [0, 0.05) is 7.11 Å². The van der Waals surface area contributed by atoms with E-state index in [1.807, 2.05) is 30.3 Å². The van der Waals surface area contributed by atoms with Gasteiger partial charge in [-0.15, -0.1) is 0 Å². The minimum absolute atomic E-state index is 0. The summed E-state index contributed by atoms with van der Waals surface area (Å²) in [6.07, 6.45) is 0. The number of methoxy groups -OCH3 is 1. The molecule has 2 heteroatoms. The summed E-state index contributed by atoms with van der Waals surface area (Å²) in [5.41, 5.74) is 1.22. The van der Waals surface area contributed by atoms with Gasteiger partial charge in [0.1, 0.15) is 0 Å². The van der Waals surface area contributed by atoms with Gasteiger partial charge < -0.3 is 6.16 Å². The molecule has 0 aliphatic heterocycles. The zero-order chi connectivity index (χ0) is 6.53. The summed E-state index contributed by atoms with van der Waals surface area (Å²) in [6.45, 7) is 0.709. The van der Waals surface area contributed by atoms with Gasteiger partial charge in [-0.3, -0.25) is 0 Å². The largest absolute Gasteiger partial charge is 1.00 e. The van der Waals surface area contributed by atoms with Crippen molar-refractivity contribution in [1.82, 2.24) is 0 Å². The van der Waals surface area contributed by atoms with Crippen LogP contribution in [0.3, 0.4) is 0 Å². The molecule has 0 amide bonds. The maximum Gasteiger partial charge on any atom is 1.00 e. The van der Waals surface area contributed by atoms with Crippen molar-refractivity contribution in [1.29, 1.82) is 0 Å². The molecule has 1 aromatic rings. The van der Waals surface area contributed by atoms with Gasteiger partial charge in [-0.05, 0) is 5.56 Å². The van der Waals surface area contributed by atoms with Crippen molar-refractivity contribution in [3.8, 4) is 0 Å². The fourth-order valence-corrected chi connectivity index (χ4v) is 0.741. The Morgan fingerprint density at radius 1 is 1.30 bits per heavy atom. The number of ether oxygens (including phenoxy) is 1. The Morgan fingerprint density at radius 2 is 1.90 bits per heavy atom. The minimum Gasteiger partial charge on any atom is -1.00 e. The third kappa shape index (κ3) is 3.08. The van der Waals surface area contributed by atoms with Gasteiger partial charge in [-0.25, -0.2) is 0 Å². The Labute approximate surface area is 75.1 Å². The van der Waals surface area contributed by atoms with Crippen molar-refractivity contribution >= 4 is 0 Å². The van der Waals surface area contributed by atoms with E-state index in [4.69, 9.17) is 4.74 Å². The predicted octanol–water partition coefficient (Wildman–Crippen LogP) is -1.05. The molecule has 0 saturated carbocycles. The monoisotopic (exact) mass is 130 g/mol. The van der Waals surface area contributed by atoms with Crippen molar-refractivity contribution in [2.45, 2.75) is 6.61 Å². The fourth-order valence-electron chi connectivity index (χ4n) is 0.741. The smallest absolute Gasteiger partial charge is 1.00 e.